The van der Waals surface area contributed by atoms with Crippen molar-refractivity contribution in [2.45, 2.75) is 6.54 Å². The van der Waals surface area contributed by atoms with Crippen LogP contribution in [0.25, 0.3) is 0 Å². The monoisotopic (exact) mass is 281 g/mol. The number of furan rings is 1. The maximum atomic E-state index is 11.6. The lowest BCUT2D eigenvalue weighted by molar-refractivity contribution is -0.402. The van der Waals surface area contributed by atoms with Gasteiger partial charge in [0.2, 0.25) is 0 Å². The van der Waals surface area contributed by atoms with Gasteiger partial charge in [0.15, 0.2) is 5.76 Å². The van der Waals surface area contributed by atoms with Gasteiger partial charge in [0.25, 0.3) is 5.91 Å². The quantitative estimate of drug-likeness (QED) is 0.684. The maximum absolute atomic E-state index is 11.6. The summed E-state index contributed by atoms with van der Waals surface area (Å²) in [5.41, 5.74) is 0.610. The average Bonchev–Trinajstić information content (AvgIpc) is 2.87. The molecule has 0 aliphatic carbocycles. The molecular formula is C11H8ClN3O4. The molecule has 19 heavy (non-hydrogen) atoms. The fourth-order valence-electron chi connectivity index (χ4n) is 1.32. The molecule has 2 aromatic rings. The van der Waals surface area contributed by atoms with Crippen molar-refractivity contribution in [1.29, 1.82) is 0 Å². The molecule has 8 heteroatoms. The van der Waals surface area contributed by atoms with Gasteiger partial charge in [-0.2, -0.15) is 0 Å². The minimum atomic E-state index is -0.711. The Morgan fingerprint density at radius 1 is 1.42 bits per heavy atom. The second kappa shape index (κ2) is 5.49. The van der Waals surface area contributed by atoms with Crippen LogP contribution in [0.3, 0.4) is 0 Å². The Bertz CT molecular complexity index is 609. The van der Waals surface area contributed by atoms with E-state index in [4.69, 9.17) is 16.0 Å². The van der Waals surface area contributed by atoms with Crippen LogP contribution in [0.15, 0.2) is 34.9 Å². The molecule has 1 amide bonds. The second-order valence-electron chi connectivity index (χ2n) is 3.55. The van der Waals surface area contributed by atoms with Gasteiger partial charge in [0, 0.05) is 6.20 Å². The largest absolute Gasteiger partial charge is 0.433 e. The van der Waals surface area contributed by atoms with Crippen molar-refractivity contribution >= 4 is 23.4 Å². The van der Waals surface area contributed by atoms with Gasteiger partial charge in [0.05, 0.1) is 23.3 Å². The molecular weight excluding hydrogens is 274 g/mol. The zero-order chi connectivity index (χ0) is 13.8. The summed E-state index contributed by atoms with van der Waals surface area (Å²) >= 11 is 5.67. The Balaban J connectivity index is 1.97. The first-order valence-electron chi connectivity index (χ1n) is 5.19. The van der Waals surface area contributed by atoms with Gasteiger partial charge < -0.3 is 9.73 Å². The highest BCUT2D eigenvalue weighted by atomic mass is 35.5. The number of aromatic nitrogens is 1. The number of pyridine rings is 1. The average molecular weight is 282 g/mol. The number of nitro groups is 1. The number of hydrogen-bond acceptors (Lipinski definition) is 5. The first-order chi connectivity index (χ1) is 9.06. The predicted octanol–water partition coefficient (Wildman–Crippen LogP) is 2.17. The lowest BCUT2D eigenvalue weighted by Gasteiger charge is -2.02. The minimum Gasteiger partial charge on any atom is -0.395 e. The fourth-order valence-corrected chi connectivity index (χ4v) is 1.43. The predicted molar refractivity (Wildman–Crippen MR) is 65.8 cm³/mol. The molecule has 0 atom stereocenters. The first kappa shape index (κ1) is 13.0. The van der Waals surface area contributed by atoms with Crippen LogP contribution in [0, 0.1) is 10.1 Å². The van der Waals surface area contributed by atoms with Crippen LogP contribution in [0.4, 0.5) is 5.88 Å². The van der Waals surface area contributed by atoms with Gasteiger partial charge in [-0.25, -0.2) is 0 Å². The lowest BCUT2D eigenvalue weighted by Crippen LogP contribution is -2.22. The SMILES string of the molecule is O=C(NCc1ccc(Cl)cn1)c1ccc([N+](=O)[O-])o1. The number of nitrogens with zero attached hydrogens (tertiary/aromatic N) is 2. The summed E-state index contributed by atoms with van der Waals surface area (Å²) < 4.78 is 4.76. The third-order valence-corrected chi connectivity index (χ3v) is 2.44. The van der Waals surface area contributed by atoms with Crippen molar-refractivity contribution in [1.82, 2.24) is 10.3 Å². The molecule has 2 rings (SSSR count). The Hall–Kier alpha value is -2.41. The number of nitrogens with one attached hydrogen (secondary N) is 1. The van der Waals surface area contributed by atoms with Gasteiger partial charge in [-0.3, -0.25) is 19.9 Å². The Morgan fingerprint density at radius 2 is 2.21 bits per heavy atom. The molecule has 0 radical (unpaired) electrons. The van der Waals surface area contributed by atoms with Gasteiger partial charge in [-0.1, -0.05) is 11.6 Å². The van der Waals surface area contributed by atoms with E-state index in [0.29, 0.717) is 10.7 Å². The van der Waals surface area contributed by atoms with E-state index >= 15 is 0 Å². The van der Waals surface area contributed by atoms with Crippen LogP contribution in [-0.4, -0.2) is 15.8 Å². The van der Waals surface area contributed by atoms with Crippen LogP contribution in [-0.2, 0) is 6.54 Å². The summed E-state index contributed by atoms with van der Waals surface area (Å²) in [6.45, 7) is 0.171. The van der Waals surface area contributed by atoms with Crippen LogP contribution >= 0.6 is 11.6 Å². The lowest BCUT2D eigenvalue weighted by atomic mass is 10.3. The molecule has 1 N–H and O–H groups in total. The molecule has 0 aliphatic heterocycles. The van der Waals surface area contributed by atoms with Crippen molar-refractivity contribution in [3.63, 3.8) is 0 Å². The van der Waals surface area contributed by atoms with E-state index in [1.165, 1.54) is 12.3 Å². The number of amides is 1. The van der Waals surface area contributed by atoms with Crippen LogP contribution in [0.1, 0.15) is 16.2 Å². The van der Waals surface area contributed by atoms with E-state index in [-0.39, 0.29) is 12.3 Å². The van der Waals surface area contributed by atoms with Crippen molar-refractivity contribution in [2.24, 2.45) is 0 Å². The molecule has 0 aliphatic rings. The number of rotatable bonds is 4. The molecule has 0 saturated carbocycles. The molecule has 7 nitrogen and oxygen atoms in total. The van der Waals surface area contributed by atoms with Crippen molar-refractivity contribution in [3.05, 3.63) is 57.1 Å². The van der Waals surface area contributed by atoms with E-state index < -0.39 is 16.7 Å². The topological polar surface area (TPSA) is 98.3 Å². The number of carbonyl (C=O) groups excluding carboxylic acids is 1. The summed E-state index contributed by atoms with van der Waals surface area (Å²) in [4.78, 5) is 25.3. The van der Waals surface area contributed by atoms with E-state index in [9.17, 15) is 14.9 Å². The molecule has 0 bridgehead atoms. The summed E-state index contributed by atoms with van der Waals surface area (Å²) in [5.74, 6) is -1.15. The smallest absolute Gasteiger partial charge is 0.395 e. The standard InChI is InChI=1S/C11H8ClN3O4/c12-7-1-2-8(13-5-7)6-14-11(16)9-3-4-10(19-9)15(17)18/h1-5H,6H2,(H,14,16). The highest BCUT2D eigenvalue weighted by Gasteiger charge is 2.16. The minimum absolute atomic E-state index is 0.124. The van der Waals surface area contributed by atoms with Gasteiger partial charge in [-0.05, 0) is 18.2 Å². The Labute approximate surface area is 112 Å². The Kier molecular flexibility index (Phi) is 3.76. The van der Waals surface area contributed by atoms with Crippen molar-refractivity contribution < 1.29 is 14.1 Å². The molecule has 0 aromatic carbocycles. The fraction of sp³-hybridized carbons (Fsp3) is 0.0909. The third-order valence-electron chi connectivity index (χ3n) is 2.21. The zero-order valence-corrected chi connectivity index (χ0v) is 10.3. The number of halogens is 1. The van der Waals surface area contributed by atoms with Gasteiger partial charge in [-0.15, -0.1) is 0 Å². The molecule has 2 aromatic heterocycles. The summed E-state index contributed by atoms with van der Waals surface area (Å²) in [5, 5.41) is 13.4. The third kappa shape index (κ3) is 3.29. The van der Waals surface area contributed by atoms with Crippen LogP contribution < -0.4 is 5.32 Å². The number of hydrogen-bond donors (Lipinski definition) is 1. The van der Waals surface area contributed by atoms with Crippen molar-refractivity contribution in [2.75, 3.05) is 0 Å². The number of carbonyl (C=O) groups is 1. The first-order valence-corrected chi connectivity index (χ1v) is 5.57. The van der Waals surface area contributed by atoms with E-state index in [2.05, 4.69) is 10.3 Å². The maximum Gasteiger partial charge on any atom is 0.433 e. The molecule has 0 unspecified atom stereocenters. The second-order valence-corrected chi connectivity index (χ2v) is 3.98. The normalized spacial score (nSPS) is 10.2. The van der Waals surface area contributed by atoms with E-state index in [1.54, 1.807) is 12.1 Å². The van der Waals surface area contributed by atoms with E-state index in [0.717, 1.165) is 6.07 Å². The van der Waals surface area contributed by atoms with E-state index in [1.807, 2.05) is 0 Å². The van der Waals surface area contributed by atoms with Gasteiger partial charge in [0.1, 0.15) is 4.92 Å². The summed E-state index contributed by atoms with van der Waals surface area (Å²) in [7, 11) is 0. The van der Waals surface area contributed by atoms with Crippen LogP contribution in [0.5, 0.6) is 0 Å². The highest BCUT2D eigenvalue weighted by molar-refractivity contribution is 6.30. The Morgan fingerprint density at radius 3 is 2.79 bits per heavy atom. The molecule has 0 saturated heterocycles. The van der Waals surface area contributed by atoms with Gasteiger partial charge >= 0.3 is 5.88 Å². The zero-order valence-electron chi connectivity index (χ0n) is 9.50. The molecule has 98 valence electrons. The molecule has 0 fully saturated rings. The summed E-state index contributed by atoms with van der Waals surface area (Å²) in [6.07, 6.45) is 1.46. The molecule has 2 heterocycles. The highest BCUT2D eigenvalue weighted by Crippen LogP contribution is 2.15. The summed E-state index contributed by atoms with van der Waals surface area (Å²) in [6, 6.07) is 5.67. The van der Waals surface area contributed by atoms with Crippen molar-refractivity contribution in [3.8, 4) is 0 Å². The van der Waals surface area contributed by atoms with Crippen LogP contribution in [0.2, 0.25) is 5.02 Å². The molecule has 0 spiro atoms.